The number of anilines is 1. The van der Waals surface area contributed by atoms with Crippen molar-refractivity contribution >= 4 is 49.3 Å². The van der Waals surface area contributed by atoms with Crippen LogP contribution in [0.15, 0.2) is 67.6 Å². The lowest BCUT2D eigenvalue weighted by atomic mass is 10.1. The van der Waals surface area contributed by atoms with Crippen molar-refractivity contribution in [1.82, 2.24) is 4.98 Å². The molecular weight excluding hydrogens is 444 g/mol. The van der Waals surface area contributed by atoms with E-state index in [1.54, 1.807) is 25.3 Å². The van der Waals surface area contributed by atoms with Gasteiger partial charge in [-0.15, -0.1) is 11.3 Å². The van der Waals surface area contributed by atoms with Gasteiger partial charge >= 0.3 is 5.63 Å². The van der Waals surface area contributed by atoms with Crippen LogP contribution in [0.5, 0.6) is 5.75 Å². The van der Waals surface area contributed by atoms with Gasteiger partial charge in [0.25, 0.3) is 5.91 Å². The first-order valence-electron chi connectivity index (χ1n) is 8.19. The zero-order valence-corrected chi connectivity index (χ0v) is 17.0. The molecule has 0 aliphatic rings. The largest absolute Gasteiger partial charge is 0.496 e. The second kappa shape index (κ2) is 7.57. The zero-order chi connectivity index (χ0) is 19.7. The average Bonchev–Trinajstić information content (AvgIpc) is 3.16. The Morgan fingerprint density at radius 1 is 1.21 bits per heavy atom. The molecular formula is C20H13BrN2O4S. The molecule has 140 valence electrons. The number of carbonyl (C=O) groups excluding carboxylic acids is 1. The number of benzene rings is 2. The van der Waals surface area contributed by atoms with Crippen LogP contribution >= 0.6 is 27.3 Å². The molecule has 4 aromatic rings. The number of nitrogens with one attached hydrogen (secondary N) is 1. The first-order chi connectivity index (χ1) is 13.5. The number of aromatic nitrogens is 1. The van der Waals surface area contributed by atoms with Gasteiger partial charge in [-0.1, -0.05) is 28.1 Å². The van der Waals surface area contributed by atoms with E-state index in [0.29, 0.717) is 27.5 Å². The van der Waals surface area contributed by atoms with Crippen molar-refractivity contribution in [3.8, 4) is 17.0 Å². The fourth-order valence-corrected chi connectivity index (χ4v) is 3.81. The number of rotatable bonds is 4. The standard InChI is InChI=1S/C20H13BrN2O4S/c1-26-17-5-3-2-4-13(17)15-10-28-20(22-15)23-18(24)14-9-11-8-12(21)6-7-16(11)27-19(14)25/h2-10H,1H3,(H,22,23,24). The van der Waals surface area contributed by atoms with Crippen molar-refractivity contribution in [3.63, 3.8) is 0 Å². The number of thiazole rings is 1. The Hall–Kier alpha value is -2.97. The minimum absolute atomic E-state index is 0.0837. The minimum Gasteiger partial charge on any atom is -0.496 e. The van der Waals surface area contributed by atoms with Gasteiger partial charge in [-0.25, -0.2) is 9.78 Å². The Labute approximate surface area is 171 Å². The number of fused-ring (bicyclic) bond motifs is 1. The summed E-state index contributed by atoms with van der Waals surface area (Å²) >= 11 is 4.62. The third-order valence-electron chi connectivity index (χ3n) is 4.05. The van der Waals surface area contributed by atoms with Crippen molar-refractivity contribution in [2.45, 2.75) is 0 Å². The fraction of sp³-hybridized carbons (Fsp3) is 0.0500. The van der Waals surface area contributed by atoms with Gasteiger partial charge in [0.1, 0.15) is 16.9 Å². The number of para-hydroxylation sites is 1. The second-order valence-electron chi connectivity index (χ2n) is 5.82. The van der Waals surface area contributed by atoms with Gasteiger partial charge in [-0.3, -0.25) is 10.1 Å². The van der Waals surface area contributed by atoms with Gasteiger partial charge in [0.15, 0.2) is 5.13 Å². The van der Waals surface area contributed by atoms with E-state index in [1.807, 2.05) is 29.6 Å². The molecule has 2 heterocycles. The summed E-state index contributed by atoms with van der Waals surface area (Å²) in [5.41, 5.74) is 1.12. The maximum absolute atomic E-state index is 12.6. The highest BCUT2D eigenvalue weighted by Crippen LogP contribution is 2.32. The lowest BCUT2D eigenvalue weighted by Gasteiger charge is -2.05. The van der Waals surface area contributed by atoms with Crippen LogP contribution in [0.3, 0.4) is 0 Å². The molecule has 0 saturated heterocycles. The van der Waals surface area contributed by atoms with Crippen molar-refractivity contribution < 1.29 is 13.9 Å². The molecule has 28 heavy (non-hydrogen) atoms. The second-order valence-corrected chi connectivity index (χ2v) is 7.60. The number of hydrogen-bond acceptors (Lipinski definition) is 6. The van der Waals surface area contributed by atoms with E-state index in [0.717, 1.165) is 10.0 Å². The Balaban J connectivity index is 1.63. The van der Waals surface area contributed by atoms with Gasteiger partial charge in [0.05, 0.1) is 12.8 Å². The molecule has 2 aromatic carbocycles. The van der Waals surface area contributed by atoms with Crippen LogP contribution in [-0.2, 0) is 0 Å². The Morgan fingerprint density at radius 3 is 2.86 bits per heavy atom. The smallest absolute Gasteiger partial charge is 0.349 e. The van der Waals surface area contributed by atoms with Crippen LogP contribution in [-0.4, -0.2) is 18.0 Å². The molecule has 2 aromatic heterocycles. The minimum atomic E-state index is -0.700. The van der Waals surface area contributed by atoms with E-state index < -0.39 is 11.5 Å². The Kier molecular flexibility index (Phi) is 4.97. The summed E-state index contributed by atoms with van der Waals surface area (Å²) in [6, 6.07) is 14.2. The molecule has 0 fully saturated rings. The van der Waals surface area contributed by atoms with Crippen LogP contribution < -0.4 is 15.7 Å². The molecule has 0 unspecified atom stereocenters. The Bertz CT molecular complexity index is 1250. The van der Waals surface area contributed by atoms with Crippen LogP contribution in [0.2, 0.25) is 0 Å². The molecule has 4 rings (SSSR count). The van der Waals surface area contributed by atoms with E-state index in [2.05, 4.69) is 26.2 Å². The predicted octanol–water partition coefficient (Wildman–Crippen LogP) is 4.94. The molecule has 0 saturated carbocycles. The maximum Gasteiger partial charge on any atom is 0.349 e. The molecule has 0 spiro atoms. The summed E-state index contributed by atoms with van der Waals surface area (Å²) in [4.78, 5) is 29.2. The topological polar surface area (TPSA) is 81.4 Å². The van der Waals surface area contributed by atoms with E-state index in [9.17, 15) is 9.59 Å². The van der Waals surface area contributed by atoms with E-state index in [-0.39, 0.29) is 5.56 Å². The van der Waals surface area contributed by atoms with Gasteiger partial charge in [0, 0.05) is 20.8 Å². The fourth-order valence-electron chi connectivity index (χ4n) is 2.73. The highest BCUT2D eigenvalue weighted by molar-refractivity contribution is 9.10. The highest BCUT2D eigenvalue weighted by Gasteiger charge is 2.16. The summed E-state index contributed by atoms with van der Waals surface area (Å²) in [6.45, 7) is 0. The lowest BCUT2D eigenvalue weighted by molar-refractivity contribution is 0.102. The number of amides is 1. The van der Waals surface area contributed by atoms with E-state index in [1.165, 1.54) is 17.4 Å². The van der Waals surface area contributed by atoms with Crippen molar-refractivity contribution in [2.24, 2.45) is 0 Å². The normalized spacial score (nSPS) is 10.8. The molecule has 0 radical (unpaired) electrons. The summed E-state index contributed by atoms with van der Waals surface area (Å²) < 4.78 is 11.4. The van der Waals surface area contributed by atoms with Crippen molar-refractivity contribution in [1.29, 1.82) is 0 Å². The molecule has 0 aliphatic carbocycles. The van der Waals surface area contributed by atoms with Crippen LogP contribution in [0.1, 0.15) is 10.4 Å². The van der Waals surface area contributed by atoms with Crippen LogP contribution in [0, 0.1) is 0 Å². The zero-order valence-electron chi connectivity index (χ0n) is 14.6. The molecule has 8 heteroatoms. The lowest BCUT2D eigenvalue weighted by Crippen LogP contribution is -2.20. The van der Waals surface area contributed by atoms with E-state index >= 15 is 0 Å². The summed E-state index contributed by atoms with van der Waals surface area (Å²) in [5.74, 6) is 0.114. The van der Waals surface area contributed by atoms with Crippen LogP contribution in [0.25, 0.3) is 22.2 Å². The van der Waals surface area contributed by atoms with Gasteiger partial charge in [-0.05, 0) is 36.4 Å². The molecule has 0 atom stereocenters. The average molecular weight is 457 g/mol. The van der Waals surface area contributed by atoms with Gasteiger partial charge < -0.3 is 9.15 Å². The number of hydrogen-bond donors (Lipinski definition) is 1. The monoisotopic (exact) mass is 456 g/mol. The number of nitrogens with zero attached hydrogens (tertiary/aromatic N) is 1. The SMILES string of the molecule is COc1ccccc1-c1csc(NC(=O)c2cc3cc(Br)ccc3oc2=O)n1. The highest BCUT2D eigenvalue weighted by atomic mass is 79.9. The molecule has 0 aliphatic heterocycles. The first-order valence-corrected chi connectivity index (χ1v) is 9.86. The maximum atomic E-state index is 12.6. The number of carbonyl (C=O) groups is 1. The summed E-state index contributed by atoms with van der Waals surface area (Å²) in [5, 5.41) is 5.50. The Morgan fingerprint density at radius 2 is 2.04 bits per heavy atom. The van der Waals surface area contributed by atoms with E-state index in [4.69, 9.17) is 9.15 Å². The molecule has 1 amide bonds. The first kappa shape index (κ1) is 18.4. The molecule has 0 bridgehead atoms. The van der Waals surface area contributed by atoms with Crippen molar-refractivity contribution in [3.05, 3.63) is 74.4 Å². The summed E-state index contributed by atoms with van der Waals surface area (Å²) in [6.07, 6.45) is 0. The third kappa shape index (κ3) is 3.56. The van der Waals surface area contributed by atoms with Gasteiger partial charge in [0.2, 0.25) is 0 Å². The predicted molar refractivity (Wildman–Crippen MR) is 112 cm³/mol. The third-order valence-corrected chi connectivity index (χ3v) is 5.30. The number of ether oxygens (including phenoxy) is 1. The molecule has 6 nitrogen and oxygen atoms in total. The van der Waals surface area contributed by atoms with Crippen molar-refractivity contribution in [2.75, 3.05) is 12.4 Å². The number of halogens is 1. The number of methoxy groups -OCH3 is 1. The van der Waals surface area contributed by atoms with Gasteiger partial charge in [-0.2, -0.15) is 0 Å². The van der Waals surface area contributed by atoms with Crippen LogP contribution in [0.4, 0.5) is 5.13 Å². The summed E-state index contributed by atoms with van der Waals surface area (Å²) in [7, 11) is 1.59. The molecule has 1 N–H and O–H groups in total. The quantitative estimate of drug-likeness (QED) is 0.439.